The molecule has 2 rings (SSSR count). The normalized spacial score (nSPS) is 11.5. The third-order valence-electron chi connectivity index (χ3n) is 2.99. The van der Waals surface area contributed by atoms with Crippen LogP contribution in [-0.2, 0) is 12.6 Å². The SMILES string of the molecule is CCCc1nc(NC)cc(-c2cccc(C(F)(F)F)c2)n1. The fraction of sp³-hybridized carbons (Fsp3) is 0.333. The topological polar surface area (TPSA) is 37.8 Å². The minimum atomic E-state index is -4.36. The van der Waals surface area contributed by atoms with Crippen LogP contribution >= 0.6 is 0 Å². The lowest BCUT2D eigenvalue weighted by atomic mass is 10.1. The highest BCUT2D eigenvalue weighted by atomic mass is 19.4. The number of nitrogens with one attached hydrogen (secondary N) is 1. The molecule has 0 saturated heterocycles. The second-order valence-electron chi connectivity index (χ2n) is 4.63. The summed E-state index contributed by atoms with van der Waals surface area (Å²) in [4.78, 5) is 8.64. The number of halogens is 3. The van der Waals surface area contributed by atoms with Crippen molar-refractivity contribution >= 4 is 5.82 Å². The molecule has 0 aliphatic heterocycles. The van der Waals surface area contributed by atoms with Crippen molar-refractivity contribution in [2.75, 3.05) is 12.4 Å². The van der Waals surface area contributed by atoms with Crippen LogP contribution in [0.5, 0.6) is 0 Å². The Balaban J connectivity index is 2.48. The third kappa shape index (κ3) is 3.71. The van der Waals surface area contributed by atoms with E-state index >= 15 is 0 Å². The Morgan fingerprint density at radius 1 is 1.14 bits per heavy atom. The first-order valence-corrected chi connectivity index (χ1v) is 6.67. The van der Waals surface area contributed by atoms with E-state index in [0.29, 0.717) is 29.3 Å². The lowest BCUT2D eigenvalue weighted by molar-refractivity contribution is -0.137. The molecule has 1 aromatic heterocycles. The molecule has 21 heavy (non-hydrogen) atoms. The molecule has 2 aromatic rings. The monoisotopic (exact) mass is 295 g/mol. The molecular formula is C15H16F3N3. The molecule has 1 aromatic carbocycles. The lowest BCUT2D eigenvalue weighted by Gasteiger charge is -2.10. The van der Waals surface area contributed by atoms with E-state index in [0.717, 1.165) is 18.6 Å². The van der Waals surface area contributed by atoms with Gasteiger partial charge in [0.05, 0.1) is 11.3 Å². The van der Waals surface area contributed by atoms with E-state index in [1.54, 1.807) is 19.2 Å². The Morgan fingerprint density at radius 3 is 2.52 bits per heavy atom. The zero-order valence-corrected chi connectivity index (χ0v) is 11.8. The third-order valence-corrected chi connectivity index (χ3v) is 2.99. The van der Waals surface area contributed by atoms with Gasteiger partial charge in [0.1, 0.15) is 11.6 Å². The quantitative estimate of drug-likeness (QED) is 0.920. The summed E-state index contributed by atoms with van der Waals surface area (Å²) < 4.78 is 38.4. The molecule has 0 spiro atoms. The zero-order chi connectivity index (χ0) is 15.5. The number of anilines is 1. The van der Waals surface area contributed by atoms with Crippen molar-refractivity contribution in [2.45, 2.75) is 25.9 Å². The maximum Gasteiger partial charge on any atom is 0.416 e. The standard InChI is InChI=1S/C15H16F3N3/c1-3-5-13-20-12(9-14(19-2)21-13)10-6-4-7-11(8-10)15(16,17)18/h4,6-9H,3,5H2,1-2H3,(H,19,20,21). The van der Waals surface area contributed by atoms with Crippen LogP contribution in [0.3, 0.4) is 0 Å². The summed E-state index contributed by atoms with van der Waals surface area (Å²) in [6.45, 7) is 2.00. The lowest BCUT2D eigenvalue weighted by Crippen LogP contribution is -2.05. The second kappa shape index (κ2) is 6.11. The van der Waals surface area contributed by atoms with Gasteiger partial charge in [-0.3, -0.25) is 0 Å². The van der Waals surface area contributed by atoms with Gasteiger partial charge in [-0.25, -0.2) is 9.97 Å². The van der Waals surface area contributed by atoms with E-state index in [-0.39, 0.29) is 0 Å². The fourth-order valence-electron chi connectivity index (χ4n) is 1.96. The van der Waals surface area contributed by atoms with E-state index in [2.05, 4.69) is 15.3 Å². The van der Waals surface area contributed by atoms with Gasteiger partial charge >= 0.3 is 6.18 Å². The van der Waals surface area contributed by atoms with Gasteiger partial charge in [-0.15, -0.1) is 0 Å². The highest BCUT2D eigenvalue weighted by Crippen LogP contribution is 2.32. The van der Waals surface area contributed by atoms with E-state index in [4.69, 9.17) is 0 Å². The maximum atomic E-state index is 12.8. The van der Waals surface area contributed by atoms with Gasteiger partial charge in [-0.1, -0.05) is 19.1 Å². The number of alkyl halides is 3. The molecule has 0 unspecified atom stereocenters. The first-order valence-electron chi connectivity index (χ1n) is 6.67. The van der Waals surface area contributed by atoms with Gasteiger partial charge in [0.25, 0.3) is 0 Å². The Hall–Kier alpha value is -2.11. The minimum absolute atomic E-state index is 0.432. The summed E-state index contributed by atoms with van der Waals surface area (Å²) in [7, 11) is 1.72. The van der Waals surface area contributed by atoms with Gasteiger partial charge in [0.15, 0.2) is 0 Å². The van der Waals surface area contributed by atoms with Crippen LogP contribution < -0.4 is 5.32 Å². The van der Waals surface area contributed by atoms with Crippen LogP contribution in [0.25, 0.3) is 11.3 Å². The molecule has 0 aliphatic carbocycles. The second-order valence-corrected chi connectivity index (χ2v) is 4.63. The van der Waals surface area contributed by atoms with Crippen molar-refractivity contribution in [3.63, 3.8) is 0 Å². The fourth-order valence-corrected chi connectivity index (χ4v) is 1.96. The summed E-state index contributed by atoms with van der Waals surface area (Å²) in [5.74, 6) is 1.22. The van der Waals surface area contributed by atoms with Gasteiger partial charge in [0.2, 0.25) is 0 Å². The van der Waals surface area contributed by atoms with Gasteiger partial charge in [-0.2, -0.15) is 13.2 Å². The van der Waals surface area contributed by atoms with Gasteiger partial charge in [-0.05, 0) is 18.6 Å². The van der Waals surface area contributed by atoms with E-state index in [1.165, 1.54) is 6.07 Å². The van der Waals surface area contributed by atoms with E-state index < -0.39 is 11.7 Å². The van der Waals surface area contributed by atoms with Crippen molar-refractivity contribution in [1.29, 1.82) is 0 Å². The average Bonchev–Trinajstić information content (AvgIpc) is 2.46. The minimum Gasteiger partial charge on any atom is -0.373 e. The van der Waals surface area contributed by atoms with Crippen LogP contribution in [0.1, 0.15) is 24.7 Å². The molecule has 0 fully saturated rings. The molecular weight excluding hydrogens is 279 g/mol. The molecule has 0 saturated carbocycles. The molecule has 0 bridgehead atoms. The predicted octanol–water partition coefficient (Wildman–Crippen LogP) is 4.16. The van der Waals surface area contributed by atoms with Crippen molar-refractivity contribution in [3.8, 4) is 11.3 Å². The molecule has 112 valence electrons. The number of aromatic nitrogens is 2. The maximum absolute atomic E-state index is 12.8. The van der Waals surface area contributed by atoms with Crippen molar-refractivity contribution in [1.82, 2.24) is 9.97 Å². The zero-order valence-electron chi connectivity index (χ0n) is 11.8. The highest BCUT2D eigenvalue weighted by molar-refractivity contribution is 5.63. The first-order chi connectivity index (χ1) is 9.94. The number of nitrogens with zero attached hydrogens (tertiary/aromatic N) is 2. The molecule has 6 heteroatoms. The molecule has 0 aliphatic rings. The van der Waals surface area contributed by atoms with E-state index in [1.807, 2.05) is 6.92 Å². The first kappa shape index (κ1) is 15.3. The number of rotatable bonds is 4. The number of benzene rings is 1. The molecule has 0 atom stereocenters. The van der Waals surface area contributed by atoms with Crippen LogP contribution in [0.15, 0.2) is 30.3 Å². The predicted molar refractivity (Wildman–Crippen MR) is 76.0 cm³/mol. The summed E-state index contributed by atoms with van der Waals surface area (Å²) in [6, 6.07) is 6.81. The summed E-state index contributed by atoms with van der Waals surface area (Å²) in [5.41, 5.74) is 0.242. The van der Waals surface area contributed by atoms with Crippen LogP contribution in [0, 0.1) is 0 Å². The number of aryl methyl sites for hydroxylation is 1. The summed E-state index contributed by atoms with van der Waals surface area (Å²) in [5, 5.41) is 2.91. The summed E-state index contributed by atoms with van der Waals surface area (Å²) >= 11 is 0. The molecule has 0 amide bonds. The van der Waals surface area contributed by atoms with Crippen LogP contribution in [-0.4, -0.2) is 17.0 Å². The van der Waals surface area contributed by atoms with Crippen molar-refractivity contribution in [3.05, 3.63) is 41.7 Å². The smallest absolute Gasteiger partial charge is 0.373 e. The van der Waals surface area contributed by atoms with Gasteiger partial charge in [0, 0.05) is 25.1 Å². The van der Waals surface area contributed by atoms with Crippen LogP contribution in [0.4, 0.5) is 19.0 Å². The molecule has 1 N–H and O–H groups in total. The molecule has 0 radical (unpaired) electrons. The van der Waals surface area contributed by atoms with Crippen molar-refractivity contribution in [2.24, 2.45) is 0 Å². The largest absolute Gasteiger partial charge is 0.416 e. The Kier molecular flexibility index (Phi) is 4.45. The van der Waals surface area contributed by atoms with Crippen LogP contribution in [0.2, 0.25) is 0 Å². The van der Waals surface area contributed by atoms with E-state index in [9.17, 15) is 13.2 Å². The molecule has 1 heterocycles. The van der Waals surface area contributed by atoms with Crippen molar-refractivity contribution < 1.29 is 13.2 Å². The Morgan fingerprint density at radius 2 is 1.90 bits per heavy atom. The average molecular weight is 295 g/mol. The Bertz CT molecular complexity index is 624. The summed E-state index contributed by atoms with van der Waals surface area (Å²) in [6.07, 6.45) is -2.81. The number of hydrogen-bond donors (Lipinski definition) is 1. The van der Waals surface area contributed by atoms with Gasteiger partial charge < -0.3 is 5.32 Å². The molecule has 3 nitrogen and oxygen atoms in total. The Labute approximate surface area is 121 Å². The highest BCUT2D eigenvalue weighted by Gasteiger charge is 2.30. The number of hydrogen-bond acceptors (Lipinski definition) is 3.